The third-order valence-electron chi connectivity index (χ3n) is 10.5. The third-order valence-corrected chi connectivity index (χ3v) is 10.5. The molecule has 0 spiro atoms. The molecule has 78 heavy (non-hydrogen) atoms. The van der Waals surface area contributed by atoms with Gasteiger partial charge in [0.15, 0.2) is 0 Å². The summed E-state index contributed by atoms with van der Waals surface area (Å²) in [6.45, 7) is 14.6. The first kappa shape index (κ1) is 68.1. The van der Waals surface area contributed by atoms with Crippen LogP contribution in [0.3, 0.4) is 0 Å². The first-order chi connectivity index (χ1) is 34.9. The van der Waals surface area contributed by atoms with E-state index in [9.17, 15) is 50.4 Å². The number of hydrogen-bond donors (Lipinski definition) is 0. The first-order valence-electron chi connectivity index (χ1n) is 23.0. The SMILES string of the molecule is CCN(CC)c1ccc2c(-c3ccnc(-c4cc(C)ccn4)c3)c3ccc(=[N+](CC)CC)cc-3oc2c1.F[P-](F)(F)(F)(F)F.F[P-](F)(F)(F)(F)F.[CH3-].[Rh+2].[Rh].[c-]1ccccc1-c1ccccn1.[c-]1ccccc1-c1ccccn1. The average molecular weight is 1310 g/mol. The summed E-state index contributed by atoms with van der Waals surface area (Å²) in [7, 11) is -21.3. The monoisotopic (exact) mass is 1310 g/mol. The van der Waals surface area contributed by atoms with Gasteiger partial charge in [0.25, 0.3) is 0 Å². The van der Waals surface area contributed by atoms with E-state index >= 15 is 0 Å². The molecule has 5 heterocycles. The molecule has 0 saturated carbocycles. The first-order valence-corrected chi connectivity index (χ1v) is 27.1. The molecule has 7 aromatic rings. The predicted octanol–water partition coefficient (Wildman–Crippen LogP) is 18.9. The third kappa shape index (κ3) is 24.8. The molecule has 0 fully saturated rings. The van der Waals surface area contributed by atoms with Gasteiger partial charge in [0, 0.05) is 91.7 Å². The Morgan fingerprint density at radius 2 is 1.00 bits per heavy atom. The van der Waals surface area contributed by atoms with Gasteiger partial charge in [0.1, 0.15) is 24.4 Å². The van der Waals surface area contributed by atoms with Crippen LogP contribution in [0.2, 0.25) is 0 Å². The number of aromatic nitrogens is 4. The van der Waals surface area contributed by atoms with Crippen molar-refractivity contribution in [3.05, 3.63) is 201 Å². The summed E-state index contributed by atoms with van der Waals surface area (Å²) in [6, 6.07) is 55.1. The van der Waals surface area contributed by atoms with Crippen molar-refractivity contribution in [2.24, 2.45) is 0 Å². The van der Waals surface area contributed by atoms with Crippen molar-refractivity contribution >= 4 is 32.3 Å². The quantitative estimate of drug-likeness (QED) is 0.0358. The van der Waals surface area contributed by atoms with Crippen molar-refractivity contribution in [3.63, 3.8) is 0 Å². The number of hydrogen-bond acceptors (Lipinski definition) is 6. The number of nitrogens with zero attached hydrogens (tertiary/aromatic N) is 6. The fraction of sp³-hybridized carbons (Fsp3) is 0.164. The second kappa shape index (κ2) is 26.8. The van der Waals surface area contributed by atoms with Crippen LogP contribution in [0, 0.1) is 26.5 Å². The number of halogens is 12. The Labute approximate surface area is 470 Å². The van der Waals surface area contributed by atoms with Crippen LogP contribution in [0.15, 0.2) is 175 Å². The molecule has 4 aromatic heterocycles. The summed E-state index contributed by atoms with van der Waals surface area (Å²) in [5.74, 6) is 0.885. The van der Waals surface area contributed by atoms with E-state index in [1.165, 1.54) is 16.6 Å². The van der Waals surface area contributed by atoms with Gasteiger partial charge in [-0.1, -0.05) is 24.3 Å². The van der Waals surface area contributed by atoms with Crippen LogP contribution < -0.4 is 14.8 Å². The van der Waals surface area contributed by atoms with E-state index in [0.717, 1.165) is 93.5 Å². The predicted molar refractivity (Wildman–Crippen MR) is 285 cm³/mol. The maximum absolute atomic E-state index is 10.7. The summed E-state index contributed by atoms with van der Waals surface area (Å²) in [5, 5.41) is 2.26. The van der Waals surface area contributed by atoms with Gasteiger partial charge in [-0.2, -0.15) is 0 Å². The normalized spacial score (nSPS) is 12.5. The van der Waals surface area contributed by atoms with Gasteiger partial charge in [-0.3, -0.25) is 9.97 Å². The largest absolute Gasteiger partial charge is 2.00 e. The van der Waals surface area contributed by atoms with E-state index in [2.05, 4.69) is 131 Å². The number of fused-ring (bicyclic) bond motifs is 2. The van der Waals surface area contributed by atoms with Gasteiger partial charge in [0.2, 0.25) is 5.36 Å². The molecule has 0 unspecified atom stereocenters. The van der Waals surface area contributed by atoms with Crippen molar-refractivity contribution in [1.82, 2.24) is 24.5 Å². The Morgan fingerprint density at radius 3 is 1.44 bits per heavy atom. The van der Waals surface area contributed by atoms with Gasteiger partial charge in [-0.15, -0.1) is 71.8 Å². The molecule has 424 valence electrons. The zero-order chi connectivity index (χ0) is 55.2. The van der Waals surface area contributed by atoms with Crippen LogP contribution >= 0.6 is 15.6 Å². The Balaban J connectivity index is 0.000000412. The molecule has 0 saturated heterocycles. The van der Waals surface area contributed by atoms with E-state index in [0.29, 0.717) is 0 Å². The molecule has 0 bridgehead atoms. The summed E-state index contributed by atoms with van der Waals surface area (Å²) in [4.78, 5) is 20.0. The van der Waals surface area contributed by atoms with E-state index < -0.39 is 15.6 Å². The van der Waals surface area contributed by atoms with Crippen molar-refractivity contribution in [2.75, 3.05) is 31.1 Å². The van der Waals surface area contributed by atoms with Crippen molar-refractivity contribution in [3.8, 4) is 56.4 Å². The molecule has 23 heteroatoms. The van der Waals surface area contributed by atoms with E-state index in [1.807, 2.05) is 103 Å². The van der Waals surface area contributed by atoms with Crippen LogP contribution in [-0.4, -0.2) is 46.1 Å². The molecule has 1 aliphatic heterocycles. The van der Waals surface area contributed by atoms with Crippen molar-refractivity contribution in [1.29, 1.82) is 0 Å². The van der Waals surface area contributed by atoms with E-state index in [4.69, 9.17) is 4.42 Å². The van der Waals surface area contributed by atoms with Gasteiger partial charge >= 0.3 is 85.5 Å². The number of aryl methyl sites for hydroxylation is 1. The van der Waals surface area contributed by atoms with Gasteiger partial charge in [-0.05, 0) is 112 Å². The van der Waals surface area contributed by atoms with Crippen molar-refractivity contribution in [2.45, 2.75) is 34.6 Å². The van der Waals surface area contributed by atoms with Crippen LogP contribution in [-0.2, 0) is 39.0 Å². The molecular weight excluding hydrogens is 1260 g/mol. The van der Waals surface area contributed by atoms with Crippen LogP contribution in [0.5, 0.6) is 0 Å². The molecule has 2 aliphatic rings. The minimum Gasteiger partial charge on any atom is -0.358 e. The second-order valence-electron chi connectivity index (χ2n) is 16.2. The average Bonchev–Trinajstić information content (AvgIpc) is 3.36. The minimum atomic E-state index is -10.7. The maximum Gasteiger partial charge on any atom is 2.00 e. The summed E-state index contributed by atoms with van der Waals surface area (Å²) in [6.07, 6.45) is 7.30. The Bertz CT molecular complexity index is 3120. The molecule has 3 aromatic carbocycles. The summed E-state index contributed by atoms with van der Waals surface area (Å²) in [5.41, 5.74) is 12.3. The molecule has 1 aliphatic carbocycles. The van der Waals surface area contributed by atoms with Gasteiger partial charge in [-0.25, -0.2) is 4.58 Å². The van der Waals surface area contributed by atoms with Crippen LogP contribution in [0.25, 0.3) is 67.3 Å². The Hall–Kier alpha value is -5.98. The number of rotatable bonds is 9. The minimum absolute atomic E-state index is 0. The van der Waals surface area contributed by atoms with Crippen LogP contribution in [0.4, 0.5) is 56.1 Å². The smallest absolute Gasteiger partial charge is 0.358 e. The topological polar surface area (TPSA) is 71.0 Å². The fourth-order valence-electron chi connectivity index (χ4n) is 7.30. The fourth-order valence-corrected chi connectivity index (χ4v) is 7.30. The zero-order valence-electron chi connectivity index (χ0n) is 42.7. The molecule has 0 amide bonds. The molecule has 0 atom stereocenters. The van der Waals surface area contributed by atoms with Crippen LogP contribution in [0.1, 0.15) is 33.3 Å². The standard InChI is InChI=1S/C32H35N4O.2C11H8N.CH3.2F6P.2Rh/c1-6-35(7-2)24-10-12-26-30(20-24)37-31-21-25(36(8-3)9-4)11-13-27(31)32(26)23-15-17-34-29(19-23)28-18-22(5)14-16-33-28;2*1-2-6-10(7-3-1)11-8-4-5-9-12-11;;2*1-7(2,3,4,5)6;;/h10-21H,6-9H2,1-5H3;2*1-6,8-9H;1H3;;;;/q+1;5*-1;;+2. The summed E-state index contributed by atoms with van der Waals surface area (Å²) < 4.78 is 127. The van der Waals surface area contributed by atoms with E-state index in [-0.39, 0.29) is 46.4 Å². The molecule has 9 rings (SSSR count). The number of pyridine rings is 4. The van der Waals surface area contributed by atoms with Gasteiger partial charge in [0.05, 0.1) is 17.5 Å². The van der Waals surface area contributed by atoms with Crippen molar-refractivity contribution < 1.29 is 93.7 Å². The molecule has 0 N–H and O–H groups in total. The molecule has 2 radical (unpaired) electrons. The van der Waals surface area contributed by atoms with Gasteiger partial charge < -0.3 is 26.7 Å². The maximum atomic E-state index is 9.87. The number of benzene rings is 4. The number of anilines is 1. The Morgan fingerprint density at radius 1 is 0.526 bits per heavy atom. The molecular formula is C55H54F12N6OP2Rh2-2. The zero-order valence-corrected chi connectivity index (χ0v) is 47.7. The Kier molecular flexibility index (Phi) is 23.4. The van der Waals surface area contributed by atoms with E-state index in [1.54, 1.807) is 12.4 Å². The second-order valence-corrected chi connectivity index (χ2v) is 20.1. The molecule has 7 nitrogen and oxygen atoms in total. The summed E-state index contributed by atoms with van der Waals surface area (Å²) >= 11 is 0.